The Kier molecular flexibility index (Phi) is 6.15. The summed E-state index contributed by atoms with van der Waals surface area (Å²) in [6.07, 6.45) is -0.340. The van der Waals surface area contributed by atoms with Crippen LogP contribution in [0.2, 0.25) is 0 Å². The summed E-state index contributed by atoms with van der Waals surface area (Å²) < 4.78 is 22.9. The van der Waals surface area contributed by atoms with Gasteiger partial charge >= 0.3 is 11.9 Å². The van der Waals surface area contributed by atoms with Crippen molar-refractivity contribution in [1.82, 2.24) is 0 Å². The molecule has 1 rings (SSSR count). The van der Waals surface area contributed by atoms with Crippen LogP contribution in [0.25, 0.3) is 0 Å². The molecule has 20 heavy (non-hydrogen) atoms. The Labute approximate surface area is 117 Å². The van der Waals surface area contributed by atoms with Crippen molar-refractivity contribution in [2.75, 3.05) is 0 Å². The summed E-state index contributed by atoms with van der Waals surface area (Å²) in [5, 5.41) is 0. The van der Waals surface area contributed by atoms with Gasteiger partial charge in [0, 0.05) is 6.07 Å². The van der Waals surface area contributed by atoms with Gasteiger partial charge in [0.25, 0.3) is 0 Å². The first-order chi connectivity index (χ1) is 9.38. The van der Waals surface area contributed by atoms with Crippen LogP contribution >= 0.6 is 0 Å². The summed E-state index contributed by atoms with van der Waals surface area (Å²) in [7, 11) is 0. The summed E-state index contributed by atoms with van der Waals surface area (Å²) in [4.78, 5) is 23.0. The Hall–Kier alpha value is -1.91. The zero-order valence-corrected chi connectivity index (χ0v) is 11.9. The minimum absolute atomic E-state index is 0.0504. The number of benzene rings is 1. The Morgan fingerprint density at radius 1 is 1.15 bits per heavy atom. The highest BCUT2D eigenvalue weighted by Gasteiger charge is 2.15. The van der Waals surface area contributed by atoms with Gasteiger partial charge in [-0.1, -0.05) is 19.9 Å². The quantitative estimate of drug-likeness (QED) is 0.594. The highest BCUT2D eigenvalue weighted by Crippen LogP contribution is 2.13. The summed E-state index contributed by atoms with van der Waals surface area (Å²) in [6, 6.07) is 5.27. The molecule has 4 nitrogen and oxygen atoms in total. The summed E-state index contributed by atoms with van der Waals surface area (Å²) >= 11 is 0. The van der Waals surface area contributed by atoms with E-state index in [-0.39, 0.29) is 30.6 Å². The van der Waals surface area contributed by atoms with Crippen molar-refractivity contribution in [3.05, 3.63) is 30.1 Å². The lowest BCUT2D eigenvalue weighted by Crippen LogP contribution is -2.21. The number of carbonyl (C=O) groups excluding carboxylic acids is 2. The van der Waals surface area contributed by atoms with Crippen LogP contribution in [0.15, 0.2) is 24.3 Å². The third kappa shape index (κ3) is 5.82. The van der Waals surface area contributed by atoms with Gasteiger partial charge in [0.1, 0.15) is 17.7 Å². The molecule has 0 bridgehead atoms. The molecule has 1 aromatic rings. The Balaban J connectivity index is 2.35. The van der Waals surface area contributed by atoms with E-state index in [0.29, 0.717) is 0 Å². The molecule has 1 unspecified atom stereocenters. The molecule has 0 heterocycles. The van der Waals surface area contributed by atoms with E-state index in [0.717, 1.165) is 6.07 Å². The first-order valence-electron chi connectivity index (χ1n) is 6.54. The molecule has 0 saturated heterocycles. The molecule has 0 amide bonds. The van der Waals surface area contributed by atoms with Crippen molar-refractivity contribution in [3.8, 4) is 5.75 Å². The molecule has 1 atom stereocenters. The van der Waals surface area contributed by atoms with E-state index in [4.69, 9.17) is 9.47 Å². The molecule has 110 valence electrons. The molecule has 0 aliphatic heterocycles. The predicted octanol–water partition coefficient (Wildman–Crippen LogP) is 3.10. The van der Waals surface area contributed by atoms with Crippen LogP contribution in [0, 0.1) is 11.7 Å². The molecule has 0 aliphatic carbocycles. The maximum Gasteiger partial charge on any atom is 0.311 e. The largest absolute Gasteiger partial charge is 0.462 e. The maximum atomic E-state index is 12.9. The number of hydrogen-bond donors (Lipinski definition) is 0. The molecule has 0 aliphatic rings. The molecule has 0 fully saturated rings. The molecule has 0 N–H and O–H groups in total. The van der Waals surface area contributed by atoms with Crippen molar-refractivity contribution in [2.24, 2.45) is 5.92 Å². The molecular weight excluding hydrogens is 263 g/mol. The zero-order valence-electron chi connectivity index (χ0n) is 11.9. The lowest BCUT2D eigenvalue weighted by Gasteiger charge is -2.16. The Morgan fingerprint density at radius 2 is 1.80 bits per heavy atom. The number of hydrogen-bond acceptors (Lipinski definition) is 4. The smallest absolute Gasteiger partial charge is 0.311 e. The van der Waals surface area contributed by atoms with E-state index in [9.17, 15) is 14.0 Å². The van der Waals surface area contributed by atoms with Crippen LogP contribution in [0.4, 0.5) is 4.39 Å². The number of ether oxygens (including phenoxy) is 2. The molecular formula is C15H19FO4. The fourth-order valence-electron chi connectivity index (χ4n) is 1.32. The van der Waals surface area contributed by atoms with E-state index in [1.165, 1.54) is 18.2 Å². The van der Waals surface area contributed by atoms with Crippen LogP contribution in [0.3, 0.4) is 0 Å². The van der Waals surface area contributed by atoms with Gasteiger partial charge in [-0.25, -0.2) is 4.39 Å². The van der Waals surface area contributed by atoms with Gasteiger partial charge in [-0.05, 0) is 25.0 Å². The summed E-state index contributed by atoms with van der Waals surface area (Å²) in [6.45, 7) is 5.68. The third-order valence-electron chi connectivity index (χ3n) is 2.82. The normalized spacial score (nSPS) is 12.1. The minimum atomic E-state index is -0.593. The van der Waals surface area contributed by atoms with Crippen molar-refractivity contribution in [1.29, 1.82) is 0 Å². The van der Waals surface area contributed by atoms with Gasteiger partial charge in [0.2, 0.25) is 0 Å². The summed E-state index contributed by atoms with van der Waals surface area (Å²) in [5.41, 5.74) is 0. The lowest BCUT2D eigenvalue weighted by molar-refractivity contribution is -0.152. The van der Waals surface area contributed by atoms with Gasteiger partial charge in [-0.3, -0.25) is 9.59 Å². The second-order valence-corrected chi connectivity index (χ2v) is 4.87. The molecule has 0 radical (unpaired) electrons. The molecule has 0 spiro atoms. The van der Waals surface area contributed by atoms with Crippen molar-refractivity contribution in [2.45, 2.75) is 39.7 Å². The first-order valence-corrected chi connectivity index (χ1v) is 6.54. The number of esters is 2. The third-order valence-corrected chi connectivity index (χ3v) is 2.82. The van der Waals surface area contributed by atoms with Crippen LogP contribution in [0.5, 0.6) is 5.75 Å². The number of rotatable bonds is 6. The standard InChI is InChI=1S/C15H19FO4/c1-10(2)11(3)19-14(17)7-8-15(18)20-13-6-4-5-12(16)9-13/h4-6,9-11H,7-8H2,1-3H3. The van der Waals surface area contributed by atoms with E-state index in [1.807, 2.05) is 13.8 Å². The van der Waals surface area contributed by atoms with Gasteiger partial charge in [-0.15, -0.1) is 0 Å². The topological polar surface area (TPSA) is 52.6 Å². The number of halogens is 1. The molecule has 0 aromatic heterocycles. The van der Waals surface area contributed by atoms with Crippen molar-refractivity contribution < 1.29 is 23.5 Å². The maximum absolute atomic E-state index is 12.9. The fraction of sp³-hybridized carbons (Fsp3) is 0.467. The first kappa shape index (κ1) is 16.1. The molecule has 0 saturated carbocycles. The SMILES string of the molecule is CC(C)C(C)OC(=O)CCC(=O)Oc1cccc(F)c1. The van der Waals surface area contributed by atoms with E-state index < -0.39 is 17.8 Å². The average molecular weight is 282 g/mol. The fourth-order valence-corrected chi connectivity index (χ4v) is 1.32. The summed E-state index contributed by atoms with van der Waals surface area (Å²) in [5.74, 6) is -1.18. The highest BCUT2D eigenvalue weighted by molar-refractivity contribution is 5.79. The van der Waals surface area contributed by atoms with Crippen molar-refractivity contribution in [3.63, 3.8) is 0 Å². The van der Waals surface area contributed by atoms with Crippen LogP contribution in [-0.4, -0.2) is 18.0 Å². The second kappa shape index (κ2) is 7.62. The lowest BCUT2D eigenvalue weighted by atomic mass is 10.1. The molecule has 5 heteroatoms. The Morgan fingerprint density at radius 3 is 2.40 bits per heavy atom. The molecule has 1 aromatic carbocycles. The van der Waals surface area contributed by atoms with Gasteiger partial charge in [0.15, 0.2) is 0 Å². The van der Waals surface area contributed by atoms with E-state index >= 15 is 0 Å². The van der Waals surface area contributed by atoms with Crippen molar-refractivity contribution >= 4 is 11.9 Å². The van der Waals surface area contributed by atoms with Gasteiger partial charge < -0.3 is 9.47 Å². The Bertz CT molecular complexity index is 471. The average Bonchev–Trinajstić information content (AvgIpc) is 2.36. The second-order valence-electron chi connectivity index (χ2n) is 4.87. The predicted molar refractivity (Wildman–Crippen MR) is 71.7 cm³/mol. The van der Waals surface area contributed by atoms with Gasteiger partial charge in [-0.2, -0.15) is 0 Å². The number of carbonyl (C=O) groups is 2. The monoisotopic (exact) mass is 282 g/mol. The van der Waals surface area contributed by atoms with Crippen LogP contribution in [0.1, 0.15) is 33.6 Å². The van der Waals surface area contributed by atoms with Crippen LogP contribution < -0.4 is 4.74 Å². The van der Waals surface area contributed by atoms with Crippen LogP contribution in [-0.2, 0) is 14.3 Å². The minimum Gasteiger partial charge on any atom is -0.462 e. The highest BCUT2D eigenvalue weighted by atomic mass is 19.1. The van der Waals surface area contributed by atoms with Gasteiger partial charge in [0.05, 0.1) is 12.8 Å². The van der Waals surface area contributed by atoms with E-state index in [1.54, 1.807) is 6.92 Å². The zero-order chi connectivity index (χ0) is 15.1. The van der Waals surface area contributed by atoms with E-state index in [2.05, 4.69) is 0 Å².